The van der Waals surface area contributed by atoms with Crippen LogP contribution in [0.5, 0.6) is 0 Å². The Morgan fingerprint density at radius 2 is 1.72 bits per heavy atom. The molecule has 0 aliphatic carbocycles. The first-order valence-corrected chi connectivity index (χ1v) is 14.4. The zero-order valence-corrected chi connectivity index (χ0v) is 23.2. The second-order valence-corrected chi connectivity index (χ2v) is 12.4. The van der Waals surface area contributed by atoms with E-state index in [1.54, 1.807) is 25.2 Å². The van der Waals surface area contributed by atoms with Crippen molar-refractivity contribution in [2.24, 2.45) is 0 Å². The van der Waals surface area contributed by atoms with Gasteiger partial charge in [-0.25, -0.2) is 8.42 Å². The number of benzene rings is 2. The highest BCUT2D eigenvalue weighted by Gasteiger charge is 2.36. The lowest BCUT2D eigenvalue weighted by Crippen LogP contribution is -2.47. The second-order valence-electron chi connectivity index (χ2n) is 9.51. The summed E-state index contributed by atoms with van der Waals surface area (Å²) in [5, 5.41) is 2.07. The van der Waals surface area contributed by atoms with Gasteiger partial charge in [-0.15, -0.1) is 11.3 Å². The summed E-state index contributed by atoms with van der Waals surface area (Å²) in [6.45, 7) is 8.21. The van der Waals surface area contributed by atoms with Crippen LogP contribution in [-0.4, -0.2) is 56.9 Å². The van der Waals surface area contributed by atoms with Crippen LogP contribution in [0.2, 0.25) is 0 Å². The standard InChI is InChI=1S/C28H34N2O4S2/c1-19-6-8-23(9-7-19)27-24-11-15-35-25(24)10-12-30(27)26(31)18-29(13-14-34-5)36(32,33)28-21(3)16-20(2)17-22(28)4/h6-9,11,15-17,27H,10,12-14,18H2,1-5H3. The highest BCUT2D eigenvalue weighted by molar-refractivity contribution is 7.89. The Bertz CT molecular complexity index is 1320. The third-order valence-corrected chi connectivity index (χ3v) is 9.89. The van der Waals surface area contributed by atoms with Crippen molar-refractivity contribution in [1.82, 2.24) is 9.21 Å². The zero-order chi connectivity index (χ0) is 26.0. The summed E-state index contributed by atoms with van der Waals surface area (Å²) in [6, 6.07) is 13.8. The number of fused-ring (bicyclic) bond motifs is 1. The van der Waals surface area contributed by atoms with Crippen LogP contribution in [0, 0.1) is 27.7 Å². The minimum Gasteiger partial charge on any atom is -0.383 e. The maximum absolute atomic E-state index is 13.9. The summed E-state index contributed by atoms with van der Waals surface area (Å²) in [6.07, 6.45) is 0.766. The minimum atomic E-state index is -3.91. The Morgan fingerprint density at radius 1 is 1.06 bits per heavy atom. The number of nitrogens with zero attached hydrogens (tertiary/aromatic N) is 2. The van der Waals surface area contributed by atoms with E-state index < -0.39 is 10.0 Å². The summed E-state index contributed by atoms with van der Waals surface area (Å²) < 4.78 is 34.2. The Kier molecular flexibility index (Phi) is 7.99. The molecule has 0 fully saturated rings. The molecule has 4 rings (SSSR count). The number of hydrogen-bond donors (Lipinski definition) is 0. The molecule has 2 aromatic carbocycles. The summed E-state index contributed by atoms with van der Waals surface area (Å²) in [4.78, 5) is 17.2. The Hall–Kier alpha value is -2.52. The van der Waals surface area contributed by atoms with Crippen molar-refractivity contribution in [3.8, 4) is 0 Å². The summed E-state index contributed by atoms with van der Waals surface area (Å²) in [5.74, 6) is -0.209. The number of carbonyl (C=O) groups excluding carboxylic acids is 1. The highest BCUT2D eigenvalue weighted by Crippen LogP contribution is 2.38. The highest BCUT2D eigenvalue weighted by atomic mass is 32.2. The van der Waals surface area contributed by atoms with E-state index >= 15 is 0 Å². The maximum atomic E-state index is 13.9. The van der Waals surface area contributed by atoms with E-state index in [-0.39, 0.29) is 36.5 Å². The third-order valence-electron chi connectivity index (χ3n) is 6.74. The van der Waals surface area contributed by atoms with Crippen LogP contribution >= 0.6 is 11.3 Å². The molecule has 6 nitrogen and oxygen atoms in total. The van der Waals surface area contributed by atoms with E-state index in [1.165, 1.54) is 16.3 Å². The van der Waals surface area contributed by atoms with Crippen LogP contribution < -0.4 is 0 Å². The van der Waals surface area contributed by atoms with Crippen LogP contribution in [-0.2, 0) is 26.0 Å². The van der Waals surface area contributed by atoms with Crippen LogP contribution in [0.15, 0.2) is 52.7 Å². The fraction of sp³-hybridized carbons (Fsp3) is 0.393. The third kappa shape index (κ3) is 5.27. The first kappa shape index (κ1) is 26.5. The fourth-order valence-corrected chi connectivity index (χ4v) is 7.80. The quantitative estimate of drug-likeness (QED) is 0.423. The first-order valence-electron chi connectivity index (χ1n) is 12.1. The lowest BCUT2D eigenvalue weighted by atomic mass is 9.92. The van der Waals surface area contributed by atoms with Crippen molar-refractivity contribution >= 4 is 27.3 Å². The molecule has 1 aliphatic heterocycles. The number of methoxy groups -OCH3 is 1. The normalized spacial score (nSPS) is 15.8. The number of amides is 1. The number of thiophene rings is 1. The SMILES string of the molecule is COCCN(CC(=O)N1CCc2sccc2C1c1ccc(C)cc1)S(=O)(=O)c1c(C)cc(C)cc1C. The Labute approximate surface area is 218 Å². The molecule has 0 spiro atoms. The average molecular weight is 527 g/mol. The van der Waals surface area contributed by atoms with Crippen molar-refractivity contribution in [3.63, 3.8) is 0 Å². The average Bonchev–Trinajstić information content (AvgIpc) is 3.29. The van der Waals surface area contributed by atoms with Gasteiger partial charge in [0.2, 0.25) is 15.9 Å². The van der Waals surface area contributed by atoms with Gasteiger partial charge in [0, 0.05) is 25.1 Å². The predicted molar refractivity (Wildman–Crippen MR) is 144 cm³/mol. The minimum absolute atomic E-state index is 0.101. The molecule has 1 amide bonds. The molecule has 0 N–H and O–H groups in total. The molecule has 2 heterocycles. The maximum Gasteiger partial charge on any atom is 0.244 e. The molecule has 1 aromatic heterocycles. The monoisotopic (exact) mass is 526 g/mol. The Balaban J connectivity index is 1.69. The van der Waals surface area contributed by atoms with Gasteiger partial charge in [0.05, 0.1) is 24.1 Å². The van der Waals surface area contributed by atoms with E-state index in [9.17, 15) is 13.2 Å². The number of carbonyl (C=O) groups is 1. The van der Waals surface area contributed by atoms with Gasteiger partial charge in [0.25, 0.3) is 0 Å². The van der Waals surface area contributed by atoms with Crippen LogP contribution in [0.4, 0.5) is 0 Å². The van der Waals surface area contributed by atoms with Gasteiger partial charge < -0.3 is 9.64 Å². The molecule has 0 saturated carbocycles. The van der Waals surface area contributed by atoms with E-state index in [4.69, 9.17) is 4.74 Å². The van der Waals surface area contributed by atoms with Gasteiger partial charge in [0.1, 0.15) is 0 Å². The van der Waals surface area contributed by atoms with Gasteiger partial charge in [0.15, 0.2) is 0 Å². The molecule has 1 aliphatic rings. The first-order chi connectivity index (χ1) is 17.1. The second kappa shape index (κ2) is 10.8. The van der Waals surface area contributed by atoms with Gasteiger partial charge in [-0.05, 0) is 67.8 Å². The summed E-state index contributed by atoms with van der Waals surface area (Å²) in [5.41, 5.74) is 5.68. The molecular weight excluding hydrogens is 492 g/mol. The number of ether oxygens (including phenoxy) is 1. The topological polar surface area (TPSA) is 66.9 Å². The van der Waals surface area contributed by atoms with Crippen LogP contribution in [0.25, 0.3) is 0 Å². The molecular formula is C28H34N2O4S2. The molecule has 8 heteroatoms. The smallest absolute Gasteiger partial charge is 0.244 e. The van der Waals surface area contributed by atoms with E-state index in [1.807, 2.05) is 30.9 Å². The Morgan fingerprint density at radius 3 is 2.36 bits per heavy atom. The molecule has 36 heavy (non-hydrogen) atoms. The van der Waals surface area contributed by atoms with Crippen LogP contribution in [0.3, 0.4) is 0 Å². The van der Waals surface area contributed by atoms with E-state index in [0.29, 0.717) is 17.7 Å². The fourth-order valence-electron chi connectivity index (χ4n) is 5.12. The van der Waals surface area contributed by atoms with Crippen molar-refractivity contribution < 1.29 is 17.9 Å². The number of rotatable bonds is 8. The number of sulfonamides is 1. The van der Waals surface area contributed by atoms with Crippen molar-refractivity contribution in [2.75, 3.05) is 33.4 Å². The molecule has 0 saturated heterocycles. The van der Waals surface area contributed by atoms with Crippen molar-refractivity contribution in [2.45, 2.75) is 45.1 Å². The molecule has 0 radical (unpaired) electrons. The predicted octanol–water partition coefficient (Wildman–Crippen LogP) is 4.79. The summed E-state index contributed by atoms with van der Waals surface area (Å²) >= 11 is 1.71. The molecule has 1 atom stereocenters. The lowest BCUT2D eigenvalue weighted by Gasteiger charge is -2.37. The zero-order valence-electron chi connectivity index (χ0n) is 21.6. The van der Waals surface area contributed by atoms with Gasteiger partial charge in [-0.2, -0.15) is 4.31 Å². The van der Waals surface area contributed by atoms with Gasteiger partial charge in [-0.3, -0.25) is 4.79 Å². The van der Waals surface area contributed by atoms with Gasteiger partial charge in [-0.1, -0.05) is 47.5 Å². The van der Waals surface area contributed by atoms with E-state index in [0.717, 1.165) is 28.7 Å². The number of aryl methyl sites for hydroxylation is 4. The molecule has 192 valence electrons. The van der Waals surface area contributed by atoms with Gasteiger partial charge >= 0.3 is 0 Å². The molecule has 1 unspecified atom stereocenters. The molecule has 3 aromatic rings. The largest absolute Gasteiger partial charge is 0.383 e. The molecule has 0 bridgehead atoms. The van der Waals surface area contributed by atoms with Crippen molar-refractivity contribution in [1.29, 1.82) is 0 Å². The van der Waals surface area contributed by atoms with Crippen LogP contribution in [0.1, 0.15) is 44.3 Å². The van der Waals surface area contributed by atoms with Crippen molar-refractivity contribution in [3.05, 3.63) is 86.1 Å². The lowest BCUT2D eigenvalue weighted by molar-refractivity contribution is -0.133. The summed E-state index contributed by atoms with van der Waals surface area (Å²) in [7, 11) is -2.38. The van der Waals surface area contributed by atoms with E-state index in [2.05, 4.69) is 35.7 Å². The number of hydrogen-bond acceptors (Lipinski definition) is 5.